The molecule has 1 aliphatic rings. The van der Waals surface area contributed by atoms with E-state index in [1.807, 2.05) is 52.8 Å². The van der Waals surface area contributed by atoms with E-state index in [1.54, 1.807) is 4.90 Å². The van der Waals surface area contributed by atoms with Gasteiger partial charge in [0.15, 0.2) is 5.76 Å². The van der Waals surface area contributed by atoms with Gasteiger partial charge in [-0.3, -0.25) is 4.79 Å². The van der Waals surface area contributed by atoms with Crippen molar-refractivity contribution in [2.24, 2.45) is 0 Å². The van der Waals surface area contributed by atoms with Crippen LogP contribution in [0.4, 0.5) is 4.79 Å². The Labute approximate surface area is 159 Å². The molecule has 0 atom stereocenters. The van der Waals surface area contributed by atoms with Crippen molar-refractivity contribution in [1.29, 1.82) is 0 Å². The van der Waals surface area contributed by atoms with Crippen molar-refractivity contribution in [2.45, 2.75) is 59.1 Å². The Morgan fingerprint density at radius 2 is 1.85 bits per heavy atom. The molecule has 3 rings (SSSR count). The minimum atomic E-state index is -0.516. The Morgan fingerprint density at radius 1 is 1.19 bits per heavy atom. The lowest BCUT2D eigenvalue weighted by molar-refractivity contribution is 0.0471. The number of piperidine rings is 1. The topological polar surface area (TPSA) is 71.8 Å². The summed E-state index contributed by atoms with van der Waals surface area (Å²) in [6.45, 7) is 10.6. The number of rotatable bonds is 2. The maximum atomic E-state index is 12.9. The number of amides is 2. The van der Waals surface area contributed by atoms with Gasteiger partial charge in [-0.25, -0.2) is 4.79 Å². The molecule has 6 heteroatoms. The Hall–Kier alpha value is -2.50. The first-order valence-electron chi connectivity index (χ1n) is 9.43. The summed E-state index contributed by atoms with van der Waals surface area (Å²) in [6.07, 6.45) is 0.989. The molecule has 146 valence electrons. The van der Waals surface area contributed by atoms with E-state index in [2.05, 4.69) is 5.32 Å². The second kappa shape index (κ2) is 7.25. The van der Waals surface area contributed by atoms with E-state index in [0.29, 0.717) is 31.7 Å². The fraction of sp³-hybridized carbons (Fsp3) is 0.524. The predicted molar refractivity (Wildman–Crippen MR) is 104 cm³/mol. The lowest BCUT2D eigenvalue weighted by atomic mass is 10.0. The average Bonchev–Trinajstić information content (AvgIpc) is 2.92. The number of hydrogen-bond acceptors (Lipinski definition) is 4. The second-order valence-electron chi connectivity index (χ2n) is 8.22. The largest absolute Gasteiger partial charge is 0.450 e. The van der Waals surface area contributed by atoms with E-state index in [1.165, 1.54) is 0 Å². The Balaban J connectivity index is 1.63. The number of aryl methyl sites for hydroxylation is 2. The molecule has 1 fully saturated rings. The van der Waals surface area contributed by atoms with E-state index < -0.39 is 11.7 Å². The summed E-state index contributed by atoms with van der Waals surface area (Å²) >= 11 is 0. The number of fused-ring (bicyclic) bond motifs is 1. The van der Waals surface area contributed by atoms with Crippen molar-refractivity contribution in [1.82, 2.24) is 10.2 Å². The Morgan fingerprint density at radius 3 is 2.44 bits per heavy atom. The smallest absolute Gasteiger partial charge is 0.407 e. The number of para-hydroxylation sites is 1. The fourth-order valence-electron chi connectivity index (χ4n) is 3.43. The number of carbonyl (C=O) groups is 2. The lowest BCUT2D eigenvalue weighted by Gasteiger charge is -2.32. The molecule has 27 heavy (non-hydrogen) atoms. The highest BCUT2D eigenvalue weighted by Crippen LogP contribution is 2.29. The molecule has 0 saturated carbocycles. The van der Waals surface area contributed by atoms with E-state index in [0.717, 1.165) is 22.1 Å². The van der Waals surface area contributed by atoms with Gasteiger partial charge in [-0.1, -0.05) is 18.2 Å². The van der Waals surface area contributed by atoms with Crippen molar-refractivity contribution in [3.63, 3.8) is 0 Å². The van der Waals surface area contributed by atoms with Crippen LogP contribution >= 0.6 is 0 Å². The van der Waals surface area contributed by atoms with Crippen LogP contribution in [0, 0.1) is 13.8 Å². The Kier molecular flexibility index (Phi) is 5.18. The standard InChI is InChI=1S/C21H28N2O4/c1-13-7-6-8-16-14(2)18(26-17(13)16)19(24)23-11-9-15(10-12-23)22-20(25)27-21(3,4)5/h6-8,15H,9-12H2,1-5H3,(H,22,25). The number of furan rings is 1. The zero-order valence-corrected chi connectivity index (χ0v) is 16.7. The molecule has 6 nitrogen and oxygen atoms in total. The second-order valence-corrected chi connectivity index (χ2v) is 8.22. The number of ether oxygens (including phenoxy) is 1. The molecule has 2 amide bonds. The minimum Gasteiger partial charge on any atom is -0.450 e. The number of benzene rings is 1. The summed E-state index contributed by atoms with van der Waals surface area (Å²) in [5.74, 6) is 0.330. The first-order chi connectivity index (χ1) is 12.7. The van der Waals surface area contributed by atoms with Gasteiger partial charge in [0.1, 0.15) is 11.2 Å². The van der Waals surface area contributed by atoms with E-state index in [9.17, 15) is 9.59 Å². The first-order valence-corrected chi connectivity index (χ1v) is 9.43. The minimum absolute atomic E-state index is 0.0166. The maximum absolute atomic E-state index is 12.9. The van der Waals surface area contributed by atoms with Gasteiger partial charge < -0.3 is 19.4 Å². The maximum Gasteiger partial charge on any atom is 0.407 e. The number of nitrogens with zero attached hydrogens (tertiary/aromatic N) is 1. The first kappa shape index (κ1) is 19.3. The number of alkyl carbamates (subject to hydrolysis) is 1. The van der Waals surface area contributed by atoms with Crippen LogP contribution < -0.4 is 5.32 Å². The fourth-order valence-corrected chi connectivity index (χ4v) is 3.43. The molecule has 0 radical (unpaired) electrons. The SMILES string of the molecule is Cc1c(C(=O)N2CCC(NC(=O)OC(C)(C)C)CC2)oc2c(C)cccc12. The van der Waals surface area contributed by atoms with Crippen LogP contribution in [0.25, 0.3) is 11.0 Å². The molecule has 2 aromatic rings. The molecular weight excluding hydrogens is 344 g/mol. The molecule has 1 aromatic heterocycles. The molecule has 1 saturated heterocycles. The van der Waals surface area contributed by atoms with Gasteiger partial charge in [0.05, 0.1) is 0 Å². The molecule has 0 aliphatic carbocycles. The Bertz CT molecular complexity index is 855. The summed E-state index contributed by atoms with van der Waals surface area (Å²) in [5, 5.41) is 3.88. The number of hydrogen-bond donors (Lipinski definition) is 1. The van der Waals surface area contributed by atoms with Gasteiger partial charge in [-0.05, 0) is 53.0 Å². The van der Waals surface area contributed by atoms with E-state index in [-0.39, 0.29) is 11.9 Å². The van der Waals surface area contributed by atoms with Gasteiger partial charge >= 0.3 is 6.09 Å². The molecule has 0 unspecified atom stereocenters. The predicted octanol–water partition coefficient (Wildman–Crippen LogP) is 4.18. The van der Waals surface area contributed by atoms with E-state index >= 15 is 0 Å². The number of likely N-dealkylation sites (tertiary alicyclic amines) is 1. The van der Waals surface area contributed by atoms with Crippen molar-refractivity contribution in [3.05, 3.63) is 35.1 Å². The summed E-state index contributed by atoms with van der Waals surface area (Å²) in [4.78, 5) is 26.6. The van der Waals surface area contributed by atoms with Crippen molar-refractivity contribution in [3.8, 4) is 0 Å². The lowest BCUT2D eigenvalue weighted by Crippen LogP contribution is -2.47. The summed E-state index contributed by atoms with van der Waals surface area (Å²) < 4.78 is 11.2. The summed E-state index contributed by atoms with van der Waals surface area (Å²) in [6, 6.07) is 5.95. The van der Waals surface area contributed by atoms with Crippen molar-refractivity contribution >= 4 is 23.0 Å². The third kappa shape index (κ3) is 4.26. The van der Waals surface area contributed by atoms with Crippen LogP contribution in [0.3, 0.4) is 0 Å². The zero-order chi connectivity index (χ0) is 19.8. The highest BCUT2D eigenvalue weighted by molar-refractivity contribution is 5.99. The van der Waals surface area contributed by atoms with Gasteiger partial charge in [-0.15, -0.1) is 0 Å². The average molecular weight is 372 g/mol. The molecule has 0 bridgehead atoms. The van der Waals surface area contributed by atoms with Crippen LogP contribution in [-0.4, -0.2) is 41.6 Å². The van der Waals surface area contributed by atoms with Crippen LogP contribution in [0.2, 0.25) is 0 Å². The molecule has 1 aromatic carbocycles. The summed E-state index contributed by atoms with van der Waals surface area (Å²) in [7, 11) is 0. The highest BCUT2D eigenvalue weighted by atomic mass is 16.6. The molecule has 0 spiro atoms. The number of carbonyl (C=O) groups excluding carboxylic acids is 2. The molecule has 2 heterocycles. The third-order valence-electron chi connectivity index (χ3n) is 4.86. The molecule has 1 aliphatic heterocycles. The number of nitrogens with one attached hydrogen (secondary N) is 1. The molecule has 1 N–H and O–H groups in total. The van der Waals surface area contributed by atoms with Crippen LogP contribution in [0.5, 0.6) is 0 Å². The van der Waals surface area contributed by atoms with Crippen LogP contribution in [-0.2, 0) is 4.74 Å². The van der Waals surface area contributed by atoms with Crippen LogP contribution in [0.1, 0.15) is 55.3 Å². The monoisotopic (exact) mass is 372 g/mol. The van der Waals surface area contributed by atoms with Gasteiger partial charge in [-0.2, -0.15) is 0 Å². The summed E-state index contributed by atoms with van der Waals surface area (Å²) in [5.41, 5.74) is 2.17. The normalized spacial score (nSPS) is 15.8. The van der Waals surface area contributed by atoms with Crippen molar-refractivity contribution < 1.29 is 18.7 Å². The molecular formula is C21H28N2O4. The van der Waals surface area contributed by atoms with Crippen molar-refractivity contribution in [2.75, 3.05) is 13.1 Å². The highest BCUT2D eigenvalue weighted by Gasteiger charge is 2.29. The zero-order valence-electron chi connectivity index (χ0n) is 16.7. The van der Waals surface area contributed by atoms with E-state index in [4.69, 9.17) is 9.15 Å². The van der Waals surface area contributed by atoms with Gasteiger partial charge in [0.2, 0.25) is 0 Å². The third-order valence-corrected chi connectivity index (χ3v) is 4.86. The van der Waals surface area contributed by atoms with Gasteiger partial charge in [0.25, 0.3) is 5.91 Å². The van der Waals surface area contributed by atoms with Crippen LogP contribution in [0.15, 0.2) is 22.6 Å². The quantitative estimate of drug-likeness (QED) is 0.858. The van der Waals surface area contributed by atoms with Gasteiger partial charge in [0, 0.05) is 30.1 Å².